The predicted molar refractivity (Wildman–Crippen MR) is 124 cm³/mol. The lowest BCUT2D eigenvalue weighted by Crippen LogP contribution is -2.56. The predicted octanol–water partition coefficient (Wildman–Crippen LogP) is 4.45. The third-order valence-electron chi connectivity index (χ3n) is 8.69. The molecule has 5 atom stereocenters. The van der Waals surface area contributed by atoms with Crippen LogP contribution >= 0.6 is 0 Å². The van der Waals surface area contributed by atoms with Gasteiger partial charge < -0.3 is 18.9 Å². The van der Waals surface area contributed by atoms with Crippen LogP contribution in [0.15, 0.2) is 36.4 Å². The van der Waals surface area contributed by atoms with Crippen LogP contribution in [0, 0.1) is 28.6 Å². The highest BCUT2D eigenvalue weighted by Gasteiger charge is 2.81. The number of halogens is 3. The van der Waals surface area contributed by atoms with E-state index in [-0.39, 0.29) is 25.0 Å². The van der Waals surface area contributed by atoms with E-state index >= 15 is 0 Å². The molecule has 4 aliphatic rings. The fourth-order valence-corrected chi connectivity index (χ4v) is 6.83. The molecule has 3 fully saturated rings. The third kappa shape index (κ3) is 3.07. The molecule has 0 aliphatic carbocycles. The molecule has 2 aromatic carbocycles. The van der Waals surface area contributed by atoms with Crippen LogP contribution in [0.2, 0.25) is 0 Å². The Morgan fingerprint density at radius 1 is 1.11 bits per heavy atom. The Morgan fingerprint density at radius 3 is 2.55 bits per heavy atom. The monoisotopic (exact) mass is 528 g/mol. The number of alkyl halides is 3. The van der Waals surface area contributed by atoms with Crippen molar-refractivity contribution in [2.45, 2.75) is 44.6 Å². The second-order valence-electron chi connectivity index (χ2n) is 10.7. The molecule has 0 aromatic heterocycles. The van der Waals surface area contributed by atoms with Gasteiger partial charge in [0, 0.05) is 12.0 Å². The maximum atomic E-state index is 13.9. The number of amides is 2. The molecule has 4 aliphatic heterocycles. The van der Waals surface area contributed by atoms with Gasteiger partial charge in [-0.2, -0.15) is 18.4 Å². The minimum Gasteiger partial charge on any atom is -0.493 e. The molecule has 8 nitrogen and oxygen atoms in total. The van der Waals surface area contributed by atoms with Gasteiger partial charge in [0.1, 0.15) is 5.75 Å². The second kappa shape index (κ2) is 7.63. The van der Waals surface area contributed by atoms with E-state index in [2.05, 4.69) is 0 Å². The van der Waals surface area contributed by atoms with Gasteiger partial charge in [0.05, 0.1) is 52.0 Å². The summed E-state index contributed by atoms with van der Waals surface area (Å²) in [5.41, 5.74) is -5.49. The van der Waals surface area contributed by atoms with Crippen LogP contribution in [-0.4, -0.2) is 36.4 Å². The molecule has 38 heavy (non-hydrogen) atoms. The lowest BCUT2D eigenvalue weighted by atomic mass is 9.55. The molecule has 2 bridgehead atoms. The average molecular weight is 528 g/mol. The summed E-state index contributed by atoms with van der Waals surface area (Å²) in [6.07, 6.45) is -4.41. The van der Waals surface area contributed by atoms with Crippen LogP contribution in [0.25, 0.3) is 0 Å². The number of nitrogens with zero attached hydrogens (tertiary/aromatic N) is 2. The number of benzene rings is 2. The summed E-state index contributed by atoms with van der Waals surface area (Å²) in [6.45, 7) is 5.48. The Morgan fingerprint density at radius 2 is 1.84 bits per heavy atom. The van der Waals surface area contributed by atoms with Gasteiger partial charge in [-0.3, -0.25) is 9.59 Å². The van der Waals surface area contributed by atoms with Gasteiger partial charge in [-0.1, -0.05) is 0 Å². The van der Waals surface area contributed by atoms with E-state index in [0.717, 1.165) is 11.0 Å². The number of carbonyl (C=O) groups is 2. The van der Waals surface area contributed by atoms with Crippen molar-refractivity contribution >= 4 is 17.5 Å². The molecule has 2 aromatic rings. The molecule has 0 N–H and O–H groups in total. The van der Waals surface area contributed by atoms with Crippen molar-refractivity contribution in [1.29, 1.82) is 5.26 Å². The van der Waals surface area contributed by atoms with Crippen LogP contribution in [-0.2, 0) is 20.5 Å². The Balaban J connectivity index is 1.32. The van der Waals surface area contributed by atoms with E-state index in [1.54, 1.807) is 39.0 Å². The molecule has 11 heteroatoms. The van der Waals surface area contributed by atoms with E-state index < -0.39 is 51.7 Å². The van der Waals surface area contributed by atoms with Crippen molar-refractivity contribution in [2.75, 3.05) is 18.3 Å². The number of anilines is 1. The zero-order valence-corrected chi connectivity index (χ0v) is 20.7. The number of nitriles is 1. The molecular formula is C27H23F3N2O6. The molecule has 3 saturated heterocycles. The number of imide groups is 1. The standard InChI is InChI=1S/C27H23F3N2O6/c1-24-10-15(12-35-17-6-7-19-20(9-17)37-13-36-19)26(3,38-24)25(2)21(24)22(33)32(23(25)34)16-5-4-14(11-31)18(8-16)27(28,29)30/h4-9,15,21H,10,12-13H2,1-3H3/t15-,21+,24+,25-,26-/m0/s1. The molecule has 198 valence electrons. The fourth-order valence-electron chi connectivity index (χ4n) is 6.83. The normalized spacial score (nSPS) is 33.0. The first-order valence-electron chi connectivity index (χ1n) is 12.1. The number of fused-ring (bicyclic) bond motifs is 6. The fraction of sp³-hybridized carbons (Fsp3) is 0.444. The Kier molecular flexibility index (Phi) is 4.93. The van der Waals surface area contributed by atoms with Crippen LogP contribution in [0.1, 0.15) is 38.3 Å². The third-order valence-corrected chi connectivity index (χ3v) is 8.69. The van der Waals surface area contributed by atoms with Crippen molar-refractivity contribution in [3.05, 3.63) is 47.5 Å². The van der Waals surface area contributed by atoms with Gasteiger partial charge in [0.25, 0.3) is 0 Å². The minimum absolute atomic E-state index is 0.127. The zero-order valence-electron chi connectivity index (χ0n) is 20.7. The highest BCUT2D eigenvalue weighted by atomic mass is 19.4. The molecule has 4 heterocycles. The SMILES string of the molecule is C[C@]12C[C@@H](COc3ccc4c(c3)OCO4)[C@](C)(O1)[C@]1(C)C(=O)N(c3ccc(C#N)c(C(F)(F)F)c3)C(=O)[C@H]21. The molecule has 0 saturated carbocycles. The van der Waals surface area contributed by atoms with Gasteiger partial charge >= 0.3 is 6.18 Å². The number of hydrogen-bond acceptors (Lipinski definition) is 7. The maximum absolute atomic E-state index is 13.9. The molecule has 6 rings (SSSR count). The summed E-state index contributed by atoms with van der Waals surface area (Å²) in [6, 6.07) is 9.56. The van der Waals surface area contributed by atoms with E-state index in [1.807, 2.05) is 0 Å². The smallest absolute Gasteiger partial charge is 0.417 e. The van der Waals surface area contributed by atoms with Gasteiger partial charge in [-0.05, 0) is 57.5 Å². The quantitative estimate of drug-likeness (QED) is 0.541. The summed E-state index contributed by atoms with van der Waals surface area (Å²) >= 11 is 0. The van der Waals surface area contributed by atoms with E-state index in [9.17, 15) is 22.8 Å². The topological polar surface area (TPSA) is 98.1 Å². The summed E-state index contributed by atoms with van der Waals surface area (Å²) in [7, 11) is 0. The second-order valence-corrected chi connectivity index (χ2v) is 10.7. The van der Waals surface area contributed by atoms with E-state index in [1.165, 1.54) is 12.1 Å². The Labute approximate surface area is 215 Å². The molecule has 0 radical (unpaired) electrons. The van der Waals surface area contributed by atoms with Gasteiger partial charge in [-0.25, -0.2) is 4.90 Å². The average Bonchev–Trinajstić information content (AvgIpc) is 3.53. The Bertz CT molecular complexity index is 1440. The first-order valence-corrected chi connectivity index (χ1v) is 12.1. The lowest BCUT2D eigenvalue weighted by molar-refractivity contribution is -0.140. The van der Waals surface area contributed by atoms with Crippen molar-refractivity contribution in [1.82, 2.24) is 0 Å². The van der Waals surface area contributed by atoms with Crippen molar-refractivity contribution < 1.29 is 41.7 Å². The van der Waals surface area contributed by atoms with Crippen LogP contribution in [0.5, 0.6) is 17.2 Å². The van der Waals surface area contributed by atoms with Crippen molar-refractivity contribution in [3.8, 4) is 23.3 Å². The highest BCUT2D eigenvalue weighted by Crippen LogP contribution is 2.69. The summed E-state index contributed by atoms with van der Waals surface area (Å²) < 4.78 is 64.0. The van der Waals surface area contributed by atoms with Crippen molar-refractivity contribution in [3.63, 3.8) is 0 Å². The minimum atomic E-state index is -4.83. The molecular weight excluding hydrogens is 505 g/mol. The largest absolute Gasteiger partial charge is 0.493 e. The summed E-state index contributed by atoms with van der Waals surface area (Å²) in [5, 5.41) is 9.13. The van der Waals surface area contributed by atoms with E-state index in [0.29, 0.717) is 29.7 Å². The van der Waals surface area contributed by atoms with Gasteiger partial charge in [-0.15, -0.1) is 0 Å². The number of carbonyl (C=O) groups excluding carboxylic acids is 2. The molecule has 0 unspecified atom stereocenters. The highest BCUT2D eigenvalue weighted by molar-refractivity contribution is 6.25. The van der Waals surface area contributed by atoms with Gasteiger partial charge in [0.2, 0.25) is 18.6 Å². The first-order chi connectivity index (χ1) is 17.8. The lowest BCUT2D eigenvalue weighted by Gasteiger charge is -2.42. The van der Waals surface area contributed by atoms with E-state index in [4.69, 9.17) is 24.2 Å². The maximum Gasteiger partial charge on any atom is 0.417 e. The summed E-state index contributed by atoms with van der Waals surface area (Å²) in [5.74, 6) is -0.713. The first kappa shape index (κ1) is 24.6. The number of rotatable bonds is 4. The zero-order chi connectivity index (χ0) is 27.3. The Hall–Kier alpha value is -3.78. The van der Waals surface area contributed by atoms with Crippen LogP contribution < -0.4 is 19.1 Å². The van der Waals surface area contributed by atoms with Crippen molar-refractivity contribution in [2.24, 2.45) is 17.3 Å². The van der Waals surface area contributed by atoms with Crippen LogP contribution in [0.3, 0.4) is 0 Å². The number of ether oxygens (including phenoxy) is 4. The molecule has 0 spiro atoms. The summed E-state index contributed by atoms with van der Waals surface area (Å²) in [4.78, 5) is 28.4. The molecule has 2 amide bonds. The number of hydrogen-bond donors (Lipinski definition) is 0. The van der Waals surface area contributed by atoms with Gasteiger partial charge in [0.15, 0.2) is 11.5 Å². The van der Waals surface area contributed by atoms with Crippen LogP contribution in [0.4, 0.5) is 18.9 Å².